The maximum absolute atomic E-state index is 5.18. The van der Waals surface area contributed by atoms with E-state index in [9.17, 15) is 0 Å². The van der Waals surface area contributed by atoms with Crippen molar-refractivity contribution in [1.82, 2.24) is 0 Å². The first kappa shape index (κ1) is 22.2. The van der Waals surface area contributed by atoms with Crippen LogP contribution in [0.1, 0.15) is 17.5 Å². The molecule has 0 heterocycles. The summed E-state index contributed by atoms with van der Waals surface area (Å²) >= 11 is 0. The number of hydrogen-bond donors (Lipinski definition) is 0. The molecule has 0 amide bonds. The molecule has 23 heavy (non-hydrogen) atoms. The van der Waals surface area contributed by atoms with Crippen LogP contribution in [-0.4, -0.2) is 7.11 Å². The molecule has 2 aromatic rings. The minimum absolute atomic E-state index is 0. The van der Waals surface area contributed by atoms with Gasteiger partial charge < -0.3 is 29.6 Å². The number of methoxy groups -OCH3 is 1. The van der Waals surface area contributed by atoms with Gasteiger partial charge in [-0.05, 0) is 6.42 Å². The SMILES string of the molecule is COc1[c-]c2c(cc1)-c1ccccc1C2.[C-]1=CC=CC1.[Cl-].[Cl-].[Zr+4]. The van der Waals surface area contributed by atoms with Crippen molar-refractivity contribution < 1.29 is 55.8 Å². The zero-order valence-electron chi connectivity index (χ0n) is 12.8. The van der Waals surface area contributed by atoms with Crippen molar-refractivity contribution in [3.05, 3.63) is 77.9 Å². The van der Waals surface area contributed by atoms with Gasteiger partial charge in [-0.1, -0.05) is 35.4 Å². The van der Waals surface area contributed by atoms with Gasteiger partial charge in [-0.25, -0.2) is 12.2 Å². The molecule has 0 aromatic heterocycles. The number of hydrogen-bond acceptors (Lipinski definition) is 1. The maximum Gasteiger partial charge on any atom is 4.00 e. The van der Waals surface area contributed by atoms with Gasteiger partial charge in [0.2, 0.25) is 0 Å². The van der Waals surface area contributed by atoms with Gasteiger partial charge in [0.1, 0.15) is 0 Å². The number of ether oxygens (including phenoxy) is 1. The van der Waals surface area contributed by atoms with Crippen molar-refractivity contribution in [2.24, 2.45) is 0 Å². The molecule has 0 bridgehead atoms. The second-order valence-electron chi connectivity index (χ2n) is 4.76. The summed E-state index contributed by atoms with van der Waals surface area (Å²) in [5, 5.41) is 0. The van der Waals surface area contributed by atoms with Crippen LogP contribution in [0.25, 0.3) is 11.1 Å². The minimum atomic E-state index is 0. The average Bonchev–Trinajstić information content (AvgIpc) is 3.17. The van der Waals surface area contributed by atoms with E-state index >= 15 is 0 Å². The molecule has 2 aliphatic rings. The van der Waals surface area contributed by atoms with Crippen molar-refractivity contribution in [1.29, 1.82) is 0 Å². The summed E-state index contributed by atoms with van der Waals surface area (Å²) in [5.74, 6) is 0.821. The smallest absolute Gasteiger partial charge is 1.00 e. The van der Waals surface area contributed by atoms with E-state index in [2.05, 4.69) is 48.6 Å². The summed E-state index contributed by atoms with van der Waals surface area (Å²) in [5.41, 5.74) is 5.27. The Bertz CT molecular complexity index is 671. The Labute approximate surface area is 169 Å². The average molecular weight is 422 g/mol. The van der Waals surface area contributed by atoms with E-state index < -0.39 is 0 Å². The molecule has 0 saturated heterocycles. The third-order valence-electron chi connectivity index (χ3n) is 3.48. The third kappa shape index (κ3) is 5.35. The number of fused-ring (bicyclic) bond motifs is 3. The van der Waals surface area contributed by atoms with Gasteiger partial charge in [-0.2, -0.15) is 12.1 Å². The van der Waals surface area contributed by atoms with Crippen molar-refractivity contribution in [3.8, 4) is 16.9 Å². The van der Waals surface area contributed by atoms with Gasteiger partial charge in [-0.15, -0.1) is 29.7 Å². The monoisotopic (exact) mass is 420 g/mol. The predicted molar refractivity (Wildman–Crippen MR) is 81.6 cm³/mol. The van der Waals surface area contributed by atoms with E-state index in [4.69, 9.17) is 4.74 Å². The van der Waals surface area contributed by atoms with Crippen LogP contribution in [0.15, 0.2) is 54.6 Å². The van der Waals surface area contributed by atoms with E-state index in [1.165, 1.54) is 22.3 Å². The summed E-state index contributed by atoms with van der Waals surface area (Å²) < 4.78 is 5.18. The number of rotatable bonds is 1. The molecule has 0 atom stereocenters. The van der Waals surface area contributed by atoms with Gasteiger partial charge in [0.15, 0.2) is 0 Å². The van der Waals surface area contributed by atoms with E-state index in [0.717, 1.165) is 18.6 Å². The molecule has 0 spiro atoms. The van der Waals surface area contributed by atoms with Crippen LogP contribution in [0.5, 0.6) is 5.75 Å². The van der Waals surface area contributed by atoms with Crippen LogP contribution in [0.4, 0.5) is 0 Å². The standard InChI is InChI=1S/C14H11O.C5H5.2ClH.Zr/c1-15-12-6-7-14-11(9-12)8-10-4-2-3-5-13(10)14;1-2-4-5-3-1;;;/h2-7H,8H2,1H3;1-3H,4H2;2*1H;/q2*-1;;;+4/p-2. The van der Waals surface area contributed by atoms with Gasteiger partial charge in [0.25, 0.3) is 0 Å². The Balaban J connectivity index is 0.000000529. The molecule has 4 heteroatoms. The largest absolute Gasteiger partial charge is 4.00 e. The molecule has 0 aliphatic heterocycles. The number of halogens is 2. The number of benzene rings is 2. The Morgan fingerprint density at radius 1 is 1.00 bits per heavy atom. The molecule has 1 nitrogen and oxygen atoms in total. The fraction of sp³-hybridized carbons (Fsp3) is 0.158. The van der Waals surface area contributed by atoms with Gasteiger partial charge in [0, 0.05) is 5.75 Å². The van der Waals surface area contributed by atoms with E-state index in [1.807, 2.05) is 18.2 Å². The molecule has 0 fully saturated rings. The van der Waals surface area contributed by atoms with Crippen LogP contribution in [0, 0.1) is 12.1 Å². The summed E-state index contributed by atoms with van der Waals surface area (Å²) in [6.07, 6.45) is 11.0. The van der Waals surface area contributed by atoms with Gasteiger partial charge in [-0.3, -0.25) is 6.08 Å². The Morgan fingerprint density at radius 3 is 2.39 bits per heavy atom. The van der Waals surface area contributed by atoms with E-state index in [1.54, 1.807) is 7.11 Å². The second-order valence-corrected chi connectivity index (χ2v) is 4.76. The summed E-state index contributed by atoms with van der Waals surface area (Å²) in [6.45, 7) is 0. The van der Waals surface area contributed by atoms with Crippen LogP contribution >= 0.6 is 0 Å². The quantitative estimate of drug-likeness (QED) is 0.429. The molecule has 0 N–H and O–H groups in total. The first-order chi connectivity index (χ1) is 9.88. The molecule has 2 aliphatic carbocycles. The van der Waals surface area contributed by atoms with Crippen molar-refractivity contribution in [3.63, 3.8) is 0 Å². The Kier molecular flexibility index (Phi) is 10.5. The first-order valence-corrected chi connectivity index (χ1v) is 6.77. The van der Waals surface area contributed by atoms with E-state index in [0.29, 0.717) is 0 Å². The Hall–Kier alpha value is -0.817. The molecular formula is C19H16Cl2OZr. The van der Waals surface area contributed by atoms with Crippen LogP contribution < -0.4 is 29.6 Å². The molecule has 2 aromatic carbocycles. The molecular weight excluding hydrogens is 406 g/mol. The van der Waals surface area contributed by atoms with Crippen molar-refractivity contribution in [2.75, 3.05) is 7.11 Å². The summed E-state index contributed by atoms with van der Waals surface area (Å²) in [6, 6.07) is 15.9. The fourth-order valence-corrected chi connectivity index (χ4v) is 2.50. The predicted octanol–water partition coefficient (Wildman–Crippen LogP) is -1.62. The van der Waals surface area contributed by atoms with Gasteiger partial charge in [0.05, 0.1) is 7.11 Å². The minimum Gasteiger partial charge on any atom is -1.00 e. The Morgan fingerprint density at radius 2 is 1.78 bits per heavy atom. The first-order valence-electron chi connectivity index (χ1n) is 6.77. The molecule has 4 rings (SSSR count). The molecule has 0 unspecified atom stereocenters. The molecule has 0 saturated carbocycles. The normalized spacial score (nSPS) is 11.7. The zero-order chi connectivity index (χ0) is 13.8. The van der Waals surface area contributed by atoms with Crippen molar-refractivity contribution in [2.45, 2.75) is 12.8 Å². The topological polar surface area (TPSA) is 9.23 Å². The van der Waals surface area contributed by atoms with Crippen LogP contribution in [0.2, 0.25) is 0 Å². The van der Waals surface area contributed by atoms with E-state index in [-0.39, 0.29) is 51.0 Å². The molecule has 0 radical (unpaired) electrons. The second kappa shape index (κ2) is 10.9. The molecule has 116 valence electrons. The van der Waals surface area contributed by atoms with Crippen LogP contribution in [-0.2, 0) is 32.6 Å². The summed E-state index contributed by atoms with van der Waals surface area (Å²) in [7, 11) is 1.68. The van der Waals surface area contributed by atoms with Crippen LogP contribution in [0.3, 0.4) is 0 Å². The summed E-state index contributed by atoms with van der Waals surface area (Å²) in [4.78, 5) is 0. The zero-order valence-corrected chi connectivity index (χ0v) is 16.7. The van der Waals surface area contributed by atoms with Gasteiger partial charge >= 0.3 is 26.2 Å². The van der Waals surface area contributed by atoms with Crippen molar-refractivity contribution >= 4 is 0 Å². The number of allylic oxidation sites excluding steroid dienone is 4. The fourth-order valence-electron chi connectivity index (χ4n) is 2.50. The maximum atomic E-state index is 5.18. The third-order valence-corrected chi connectivity index (χ3v) is 3.48.